The molecule has 5 heteroatoms. The summed E-state index contributed by atoms with van der Waals surface area (Å²) in [6, 6.07) is 13.0. The third-order valence-electron chi connectivity index (χ3n) is 3.40. The summed E-state index contributed by atoms with van der Waals surface area (Å²) in [4.78, 5) is 29.2. The van der Waals surface area contributed by atoms with Crippen LogP contribution in [0.3, 0.4) is 0 Å². The van der Waals surface area contributed by atoms with Crippen LogP contribution >= 0.6 is 0 Å². The van der Waals surface area contributed by atoms with Gasteiger partial charge in [0.15, 0.2) is 5.78 Å². The van der Waals surface area contributed by atoms with Crippen LogP contribution in [0.5, 0.6) is 0 Å². The second-order valence-corrected chi connectivity index (χ2v) is 5.23. The molecule has 1 aromatic carbocycles. The summed E-state index contributed by atoms with van der Waals surface area (Å²) in [7, 11) is 1.67. The lowest BCUT2D eigenvalue weighted by Gasteiger charge is -2.16. The zero-order valence-electron chi connectivity index (χ0n) is 13.1. The maximum absolute atomic E-state index is 11.9. The molecule has 0 radical (unpaired) electrons. The maximum atomic E-state index is 11.9. The lowest BCUT2D eigenvalue weighted by Crippen LogP contribution is -2.28. The van der Waals surface area contributed by atoms with Gasteiger partial charge in [-0.15, -0.1) is 0 Å². The highest BCUT2D eigenvalue weighted by Crippen LogP contribution is 2.06. The monoisotopic (exact) mass is 312 g/mol. The molecule has 0 unspecified atom stereocenters. The van der Waals surface area contributed by atoms with E-state index in [1.165, 1.54) is 4.90 Å². The van der Waals surface area contributed by atoms with Gasteiger partial charge in [-0.3, -0.25) is 9.78 Å². The molecule has 23 heavy (non-hydrogen) atoms. The van der Waals surface area contributed by atoms with E-state index in [9.17, 15) is 9.59 Å². The van der Waals surface area contributed by atoms with E-state index in [0.717, 1.165) is 5.56 Å². The number of rotatable bonds is 7. The zero-order chi connectivity index (χ0) is 16.5. The summed E-state index contributed by atoms with van der Waals surface area (Å²) in [5.74, 6) is 0.0316. The van der Waals surface area contributed by atoms with Gasteiger partial charge in [-0.2, -0.15) is 0 Å². The molecule has 0 saturated heterocycles. The van der Waals surface area contributed by atoms with E-state index in [0.29, 0.717) is 24.9 Å². The first-order chi connectivity index (χ1) is 11.2. The Morgan fingerprint density at radius 2 is 1.91 bits per heavy atom. The number of nitrogens with zero attached hydrogens (tertiary/aromatic N) is 2. The average Bonchev–Trinajstić information content (AvgIpc) is 2.61. The standard InChI is InChI=1S/C18H20N2O3/c1-20(18(22)23-14-15-7-3-2-4-8-15)12-6-10-17(21)16-9-5-11-19-13-16/h2-5,7-9,11,13H,6,10,12,14H2,1H3. The van der Waals surface area contributed by atoms with Crippen LogP contribution in [-0.2, 0) is 11.3 Å². The first-order valence-corrected chi connectivity index (χ1v) is 7.52. The van der Waals surface area contributed by atoms with Crippen molar-refractivity contribution in [3.63, 3.8) is 0 Å². The zero-order valence-corrected chi connectivity index (χ0v) is 13.1. The van der Waals surface area contributed by atoms with Crippen molar-refractivity contribution in [3.8, 4) is 0 Å². The molecular formula is C18H20N2O3. The first kappa shape index (κ1) is 16.7. The number of aromatic nitrogens is 1. The molecule has 2 rings (SSSR count). The number of ketones is 1. The summed E-state index contributed by atoms with van der Waals surface area (Å²) >= 11 is 0. The van der Waals surface area contributed by atoms with Gasteiger partial charge in [0.1, 0.15) is 6.61 Å². The molecule has 0 spiro atoms. The Morgan fingerprint density at radius 3 is 2.61 bits per heavy atom. The van der Waals surface area contributed by atoms with Crippen molar-refractivity contribution < 1.29 is 14.3 Å². The van der Waals surface area contributed by atoms with Crippen LogP contribution in [0.4, 0.5) is 4.79 Å². The topological polar surface area (TPSA) is 59.5 Å². The second-order valence-electron chi connectivity index (χ2n) is 5.23. The van der Waals surface area contributed by atoms with Crippen molar-refractivity contribution in [1.82, 2.24) is 9.88 Å². The molecule has 120 valence electrons. The highest BCUT2D eigenvalue weighted by molar-refractivity contribution is 5.95. The Balaban J connectivity index is 1.69. The number of benzene rings is 1. The van der Waals surface area contributed by atoms with Gasteiger partial charge in [-0.25, -0.2) is 4.79 Å². The molecule has 0 aliphatic rings. The Bertz CT molecular complexity index is 629. The Hall–Kier alpha value is -2.69. The maximum Gasteiger partial charge on any atom is 0.409 e. The molecule has 0 aliphatic heterocycles. The summed E-state index contributed by atoms with van der Waals surface area (Å²) in [6.07, 6.45) is 3.77. The fraction of sp³-hybridized carbons (Fsp3) is 0.278. The number of pyridine rings is 1. The molecule has 0 atom stereocenters. The first-order valence-electron chi connectivity index (χ1n) is 7.52. The normalized spacial score (nSPS) is 10.1. The Kier molecular flexibility index (Phi) is 6.29. The molecule has 1 heterocycles. The third-order valence-corrected chi connectivity index (χ3v) is 3.40. The lowest BCUT2D eigenvalue weighted by molar-refractivity contribution is 0.0947. The predicted octanol–water partition coefficient (Wildman–Crippen LogP) is 3.31. The van der Waals surface area contributed by atoms with Crippen LogP contribution in [0, 0.1) is 0 Å². The van der Waals surface area contributed by atoms with Crippen molar-refractivity contribution in [2.24, 2.45) is 0 Å². The molecule has 1 aromatic heterocycles. The summed E-state index contributed by atoms with van der Waals surface area (Å²) < 4.78 is 5.22. The van der Waals surface area contributed by atoms with E-state index < -0.39 is 0 Å². The molecule has 0 bridgehead atoms. The average molecular weight is 312 g/mol. The fourth-order valence-electron chi connectivity index (χ4n) is 2.07. The minimum atomic E-state index is -0.386. The van der Waals surface area contributed by atoms with Crippen molar-refractivity contribution in [2.75, 3.05) is 13.6 Å². The Morgan fingerprint density at radius 1 is 1.13 bits per heavy atom. The number of carbonyl (C=O) groups excluding carboxylic acids is 2. The molecule has 0 saturated carbocycles. The number of ether oxygens (including phenoxy) is 1. The van der Waals surface area contributed by atoms with Crippen LogP contribution < -0.4 is 0 Å². The van der Waals surface area contributed by atoms with Crippen LogP contribution in [0.15, 0.2) is 54.9 Å². The summed E-state index contributed by atoms with van der Waals surface area (Å²) in [5.41, 5.74) is 1.54. The minimum absolute atomic E-state index is 0.0316. The summed E-state index contributed by atoms with van der Waals surface area (Å²) in [6.45, 7) is 0.720. The van der Waals surface area contributed by atoms with Crippen LogP contribution in [0.25, 0.3) is 0 Å². The fourth-order valence-corrected chi connectivity index (χ4v) is 2.07. The second kappa shape index (κ2) is 8.68. The summed E-state index contributed by atoms with van der Waals surface area (Å²) in [5, 5.41) is 0. The van der Waals surface area contributed by atoms with E-state index in [2.05, 4.69) is 4.98 Å². The molecule has 0 N–H and O–H groups in total. The van der Waals surface area contributed by atoms with E-state index in [1.54, 1.807) is 31.6 Å². The number of Topliss-reactive ketones (excluding diaryl/α,β-unsaturated/α-hetero) is 1. The van der Waals surface area contributed by atoms with Crippen molar-refractivity contribution in [2.45, 2.75) is 19.4 Å². The highest BCUT2D eigenvalue weighted by atomic mass is 16.6. The number of amides is 1. The quantitative estimate of drug-likeness (QED) is 0.736. The smallest absolute Gasteiger partial charge is 0.409 e. The third kappa shape index (κ3) is 5.54. The van der Waals surface area contributed by atoms with Crippen LogP contribution in [-0.4, -0.2) is 35.4 Å². The largest absolute Gasteiger partial charge is 0.445 e. The molecule has 0 aliphatic carbocycles. The highest BCUT2D eigenvalue weighted by Gasteiger charge is 2.11. The van der Waals surface area contributed by atoms with Gasteiger partial charge >= 0.3 is 6.09 Å². The van der Waals surface area contributed by atoms with Gasteiger partial charge < -0.3 is 9.64 Å². The number of hydrogen-bond donors (Lipinski definition) is 0. The van der Waals surface area contributed by atoms with Gasteiger partial charge in [0.2, 0.25) is 0 Å². The van der Waals surface area contributed by atoms with Crippen LogP contribution in [0.2, 0.25) is 0 Å². The molecule has 0 fully saturated rings. The van der Waals surface area contributed by atoms with Crippen molar-refractivity contribution >= 4 is 11.9 Å². The van der Waals surface area contributed by atoms with Crippen molar-refractivity contribution in [3.05, 3.63) is 66.0 Å². The molecule has 5 nitrogen and oxygen atoms in total. The van der Waals surface area contributed by atoms with E-state index in [4.69, 9.17) is 4.74 Å². The van der Waals surface area contributed by atoms with Gasteiger partial charge in [0.25, 0.3) is 0 Å². The van der Waals surface area contributed by atoms with Crippen molar-refractivity contribution in [1.29, 1.82) is 0 Å². The molecule has 1 amide bonds. The molecular weight excluding hydrogens is 292 g/mol. The predicted molar refractivity (Wildman–Crippen MR) is 87.1 cm³/mol. The Labute approximate surface area is 135 Å². The number of carbonyl (C=O) groups is 2. The van der Waals surface area contributed by atoms with Crippen LogP contribution in [0.1, 0.15) is 28.8 Å². The minimum Gasteiger partial charge on any atom is -0.445 e. The van der Waals surface area contributed by atoms with E-state index in [-0.39, 0.29) is 18.5 Å². The van der Waals surface area contributed by atoms with E-state index in [1.807, 2.05) is 30.3 Å². The van der Waals surface area contributed by atoms with Gasteiger partial charge in [-0.05, 0) is 24.1 Å². The number of hydrogen-bond acceptors (Lipinski definition) is 4. The van der Waals surface area contributed by atoms with Gasteiger partial charge in [0, 0.05) is 38.0 Å². The van der Waals surface area contributed by atoms with Gasteiger partial charge in [0.05, 0.1) is 0 Å². The molecule has 2 aromatic rings. The van der Waals surface area contributed by atoms with E-state index >= 15 is 0 Å². The van der Waals surface area contributed by atoms with Gasteiger partial charge in [-0.1, -0.05) is 30.3 Å². The SMILES string of the molecule is CN(CCCC(=O)c1cccnc1)C(=O)OCc1ccccc1. The lowest BCUT2D eigenvalue weighted by atomic mass is 10.1.